The molecule has 0 saturated heterocycles. The van der Waals surface area contributed by atoms with Gasteiger partial charge in [-0.3, -0.25) is 14.0 Å². The van der Waals surface area contributed by atoms with Crippen LogP contribution in [0.2, 0.25) is 0 Å². The van der Waals surface area contributed by atoms with Gasteiger partial charge in [-0.05, 0) is 43.9 Å². The Bertz CT molecular complexity index is 1390. The van der Waals surface area contributed by atoms with Crippen LogP contribution in [0, 0.1) is 11.3 Å². The molecule has 1 aromatic carbocycles. The van der Waals surface area contributed by atoms with Crippen molar-refractivity contribution in [3.63, 3.8) is 0 Å². The van der Waals surface area contributed by atoms with E-state index in [0.717, 1.165) is 36.8 Å². The van der Waals surface area contributed by atoms with Crippen LogP contribution in [0.4, 0.5) is 0 Å². The summed E-state index contributed by atoms with van der Waals surface area (Å²) < 4.78 is 1.69. The zero-order valence-electron chi connectivity index (χ0n) is 16.7. The Kier molecular flexibility index (Phi) is 4.71. The van der Waals surface area contributed by atoms with Gasteiger partial charge in [-0.2, -0.15) is 10.4 Å². The van der Waals surface area contributed by atoms with Crippen molar-refractivity contribution in [3.8, 4) is 6.07 Å². The minimum Gasteiger partial charge on any atom is -0.348 e. The van der Waals surface area contributed by atoms with Crippen molar-refractivity contribution < 1.29 is 4.79 Å². The molecule has 1 saturated carbocycles. The summed E-state index contributed by atoms with van der Waals surface area (Å²) >= 11 is 0. The van der Waals surface area contributed by atoms with E-state index >= 15 is 0 Å². The van der Waals surface area contributed by atoms with E-state index in [1.54, 1.807) is 22.7 Å². The van der Waals surface area contributed by atoms with Gasteiger partial charge in [-0.25, -0.2) is 10.1 Å². The first-order valence-electron chi connectivity index (χ1n) is 10.3. The topological polar surface area (TPSA) is 116 Å². The number of nitriles is 1. The third-order valence-corrected chi connectivity index (χ3v) is 6.05. The Morgan fingerprint density at radius 1 is 1.16 bits per heavy atom. The average molecular weight is 412 g/mol. The van der Waals surface area contributed by atoms with E-state index in [1.807, 2.05) is 24.3 Å². The first-order chi connectivity index (χ1) is 15.1. The van der Waals surface area contributed by atoms with Crippen LogP contribution in [0.3, 0.4) is 0 Å². The highest BCUT2D eigenvalue weighted by Gasteiger charge is 2.27. The number of nitrogens with one attached hydrogen (secondary N) is 2. The largest absolute Gasteiger partial charge is 0.348 e. The molecule has 31 heavy (non-hydrogen) atoms. The molecule has 4 aromatic rings. The van der Waals surface area contributed by atoms with Crippen molar-refractivity contribution in [2.75, 3.05) is 0 Å². The summed E-state index contributed by atoms with van der Waals surface area (Å²) in [6.07, 6.45) is 6.66. The number of benzene rings is 1. The van der Waals surface area contributed by atoms with E-state index in [2.05, 4.69) is 26.6 Å². The number of pyridine rings is 1. The number of imidazole rings is 1. The van der Waals surface area contributed by atoms with Crippen molar-refractivity contribution in [1.82, 2.24) is 24.9 Å². The molecule has 0 bridgehead atoms. The fraction of sp³-hybridized carbons (Fsp3) is 0.261. The van der Waals surface area contributed by atoms with E-state index in [0.29, 0.717) is 22.3 Å². The Labute approximate surface area is 177 Å². The lowest BCUT2D eigenvalue weighted by atomic mass is 9.82. The summed E-state index contributed by atoms with van der Waals surface area (Å²) in [4.78, 5) is 29.1. The molecule has 1 aliphatic carbocycles. The van der Waals surface area contributed by atoms with Crippen LogP contribution in [0.5, 0.6) is 0 Å². The Balaban J connectivity index is 1.29. The number of hydrogen-bond donors (Lipinski definition) is 2. The van der Waals surface area contributed by atoms with E-state index in [1.165, 1.54) is 6.20 Å². The number of rotatable bonds is 3. The summed E-state index contributed by atoms with van der Waals surface area (Å²) in [6.45, 7) is 0. The van der Waals surface area contributed by atoms with Gasteiger partial charge >= 0.3 is 0 Å². The molecule has 8 nitrogen and oxygen atoms in total. The molecule has 0 unspecified atom stereocenters. The predicted octanol–water partition coefficient (Wildman–Crippen LogP) is 2.90. The van der Waals surface area contributed by atoms with Gasteiger partial charge in [-0.15, -0.1) is 0 Å². The van der Waals surface area contributed by atoms with Crippen molar-refractivity contribution in [2.24, 2.45) is 0 Å². The fourth-order valence-corrected chi connectivity index (χ4v) is 4.44. The minimum atomic E-state index is -0.173. The van der Waals surface area contributed by atoms with Gasteiger partial charge in [0.15, 0.2) is 0 Å². The number of H-pyrrole nitrogens is 1. The molecule has 0 atom stereocenters. The van der Waals surface area contributed by atoms with Crippen LogP contribution in [0.15, 0.2) is 53.6 Å². The molecule has 1 amide bonds. The fourth-order valence-electron chi connectivity index (χ4n) is 4.44. The third-order valence-electron chi connectivity index (χ3n) is 6.05. The second kappa shape index (κ2) is 7.69. The highest BCUT2D eigenvalue weighted by atomic mass is 16.2. The van der Waals surface area contributed by atoms with Crippen LogP contribution in [-0.4, -0.2) is 31.5 Å². The minimum absolute atomic E-state index is 0.0710. The van der Waals surface area contributed by atoms with Crippen molar-refractivity contribution >= 4 is 22.3 Å². The van der Waals surface area contributed by atoms with Crippen LogP contribution in [0.1, 0.15) is 53.3 Å². The second-order valence-electron chi connectivity index (χ2n) is 7.90. The number of aromatic nitrogens is 4. The van der Waals surface area contributed by atoms with Gasteiger partial charge in [0.2, 0.25) is 0 Å². The van der Waals surface area contributed by atoms with Gasteiger partial charge in [0.05, 0.1) is 28.9 Å². The molecule has 0 spiro atoms. The maximum absolute atomic E-state index is 12.8. The number of fused-ring (bicyclic) bond motifs is 2. The lowest BCUT2D eigenvalue weighted by Crippen LogP contribution is -2.38. The summed E-state index contributed by atoms with van der Waals surface area (Å²) in [5, 5.41) is 20.7. The zero-order chi connectivity index (χ0) is 21.4. The Morgan fingerprint density at radius 3 is 2.71 bits per heavy atom. The average Bonchev–Trinajstić information content (AvgIpc) is 3.23. The monoisotopic (exact) mass is 412 g/mol. The SMILES string of the molecule is N#Cc1ccn2c(C(=O)N[C@H]3CC[C@H](c4n[nH]c(=O)c5ccccc54)CC3)cnc2c1. The Hall–Kier alpha value is -3.99. The van der Waals surface area contributed by atoms with Crippen molar-refractivity contribution in [3.05, 3.63) is 76.1 Å². The number of aromatic amines is 1. The number of nitrogens with zero attached hydrogens (tertiary/aromatic N) is 4. The van der Waals surface area contributed by atoms with Crippen molar-refractivity contribution in [1.29, 1.82) is 5.26 Å². The molecule has 8 heteroatoms. The lowest BCUT2D eigenvalue weighted by Gasteiger charge is -2.29. The molecular formula is C23H20N6O2. The second-order valence-corrected chi connectivity index (χ2v) is 7.90. The number of amides is 1. The highest BCUT2D eigenvalue weighted by molar-refractivity contribution is 5.93. The van der Waals surface area contributed by atoms with Crippen LogP contribution in [0.25, 0.3) is 16.4 Å². The van der Waals surface area contributed by atoms with Gasteiger partial charge in [0.25, 0.3) is 11.5 Å². The quantitative estimate of drug-likeness (QED) is 0.537. The maximum Gasteiger partial charge on any atom is 0.272 e. The van der Waals surface area contributed by atoms with Crippen LogP contribution in [-0.2, 0) is 0 Å². The number of carbonyl (C=O) groups is 1. The van der Waals surface area contributed by atoms with Gasteiger partial charge < -0.3 is 5.32 Å². The maximum atomic E-state index is 12.8. The smallest absolute Gasteiger partial charge is 0.272 e. The van der Waals surface area contributed by atoms with E-state index in [9.17, 15) is 9.59 Å². The standard InChI is InChI=1S/C23H20N6O2/c24-12-14-9-10-29-19(13-25-20(29)11-14)23(31)26-16-7-5-15(6-8-16)21-17-3-1-2-4-18(17)22(30)28-27-21/h1-4,9-11,13,15-16H,5-8H2,(H,26,31)(H,28,30)/t15-,16-. The molecule has 1 fully saturated rings. The van der Waals surface area contributed by atoms with Gasteiger partial charge in [-0.1, -0.05) is 18.2 Å². The summed E-state index contributed by atoms with van der Waals surface area (Å²) in [5.74, 6) is 0.0726. The van der Waals surface area contributed by atoms with Crippen LogP contribution < -0.4 is 10.9 Å². The van der Waals surface area contributed by atoms with E-state index in [-0.39, 0.29) is 23.4 Å². The summed E-state index contributed by atoms with van der Waals surface area (Å²) in [5.41, 5.74) is 2.29. The van der Waals surface area contributed by atoms with Crippen molar-refractivity contribution in [2.45, 2.75) is 37.6 Å². The van der Waals surface area contributed by atoms with E-state index < -0.39 is 0 Å². The number of carbonyl (C=O) groups excluding carboxylic acids is 1. The first kappa shape index (κ1) is 19.0. The molecule has 1 aliphatic rings. The summed E-state index contributed by atoms with van der Waals surface area (Å²) in [7, 11) is 0. The normalized spacial score (nSPS) is 18.7. The molecule has 2 N–H and O–H groups in total. The molecule has 3 aromatic heterocycles. The third kappa shape index (κ3) is 3.44. The van der Waals surface area contributed by atoms with E-state index in [4.69, 9.17) is 5.26 Å². The molecule has 0 aliphatic heterocycles. The summed E-state index contributed by atoms with van der Waals surface area (Å²) in [6, 6.07) is 13.0. The Morgan fingerprint density at radius 2 is 1.94 bits per heavy atom. The molecule has 5 rings (SSSR count). The highest BCUT2D eigenvalue weighted by Crippen LogP contribution is 2.34. The molecular weight excluding hydrogens is 392 g/mol. The number of hydrogen-bond acceptors (Lipinski definition) is 5. The first-order valence-corrected chi connectivity index (χ1v) is 10.3. The van der Waals surface area contributed by atoms with Crippen LogP contribution >= 0.6 is 0 Å². The predicted molar refractivity (Wildman–Crippen MR) is 115 cm³/mol. The molecule has 0 radical (unpaired) electrons. The zero-order valence-corrected chi connectivity index (χ0v) is 16.7. The van der Waals surface area contributed by atoms with Gasteiger partial charge in [0, 0.05) is 23.5 Å². The lowest BCUT2D eigenvalue weighted by molar-refractivity contribution is 0.0919. The molecule has 154 valence electrons. The molecule has 3 heterocycles. The van der Waals surface area contributed by atoms with Gasteiger partial charge in [0.1, 0.15) is 11.3 Å².